The molecule has 0 aliphatic rings. The van der Waals surface area contributed by atoms with Crippen molar-refractivity contribution in [2.45, 2.75) is 6.10 Å². The van der Waals surface area contributed by atoms with Gasteiger partial charge in [-0.05, 0) is 54.6 Å². The van der Waals surface area contributed by atoms with Crippen molar-refractivity contribution >= 4 is 0 Å². The quantitative estimate of drug-likeness (QED) is 0.718. The Kier molecular flexibility index (Phi) is 5.29. The second kappa shape index (κ2) is 7.99. The van der Waals surface area contributed by atoms with E-state index in [1.807, 2.05) is 42.6 Å². The molecule has 6 heteroatoms. The number of aromatic nitrogens is 2. The second-order valence-electron chi connectivity index (χ2n) is 5.36. The highest BCUT2D eigenvalue weighted by Crippen LogP contribution is 2.15. The van der Waals surface area contributed by atoms with E-state index in [-0.39, 0.29) is 13.2 Å². The summed E-state index contributed by atoms with van der Waals surface area (Å²) in [5.74, 6) is 1.26. The zero-order chi connectivity index (χ0) is 17.5. The first-order valence-electron chi connectivity index (χ1n) is 7.78. The molecule has 0 spiro atoms. The molecule has 0 aliphatic carbocycles. The summed E-state index contributed by atoms with van der Waals surface area (Å²) in [6.45, 7) is 0.231. The van der Waals surface area contributed by atoms with Crippen LogP contribution < -0.4 is 9.47 Å². The van der Waals surface area contributed by atoms with E-state index in [2.05, 4.69) is 5.10 Å². The molecule has 1 atom stereocenters. The molecule has 126 valence electrons. The average molecular weight is 335 g/mol. The van der Waals surface area contributed by atoms with Crippen LogP contribution >= 0.6 is 0 Å². The summed E-state index contributed by atoms with van der Waals surface area (Å²) in [5, 5.41) is 22.9. The molecule has 0 saturated heterocycles. The highest BCUT2D eigenvalue weighted by molar-refractivity contribution is 5.36. The molecule has 2 aromatic carbocycles. The van der Waals surface area contributed by atoms with Gasteiger partial charge in [0.25, 0.3) is 0 Å². The Labute approximate surface area is 145 Å². The molecule has 3 rings (SSSR count). The predicted molar refractivity (Wildman–Crippen MR) is 91.7 cm³/mol. The molecular weight excluding hydrogens is 318 g/mol. The first-order valence-corrected chi connectivity index (χ1v) is 7.78. The maximum atomic E-state index is 9.96. The van der Waals surface area contributed by atoms with Gasteiger partial charge < -0.3 is 14.6 Å². The number of rotatable bonds is 7. The van der Waals surface area contributed by atoms with Gasteiger partial charge in [-0.1, -0.05) is 0 Å². The van der Waals surface area contributed by atoms with Crippen LogP contribution in [0.5, 0.6) is 11.5 Å². The Morgan fingerprint density at radius 1 is 1.00 bits per heavy atom. The van der Waals surface area contributed by atoms with Crippen LogP contribution in [0.2, 0.25) is 0 Å². The molecule has 0 unspecified atom stereocenters. The van der Waals surface area contributed by atoms with Gasteiger partial charge in [-0.3, -0.25) is 0 Å². The lowest BCUT2D eigenvalue weighted by molar-refractivity contribution is 0.0626. The maximum absolute atomic E-state index is 9.96. The standard InChI is InChI=1S/C19H17N3O3/c20-12-15-2-6-18(7-3-15)24-13-17(23)14-25-19-8-4-16(5-9-19)22-11-1-10-21-22/h1-11,17,23H,13-14H2/t17-/m1/s1. The smallest absolute Gasteiger partial charge is 0.122 e. The number of nitriles is 1. The topological polar surface area (TPSA) is 80.3 Å². The number of nitrogens with zero attached hydrogens (tertiary/aromatic N) is 3. The Morgan fingerprint density at radius 3 is 2.12 bits per heavy atom. The van der Waals surface area contributed by atoms with Crippen molar-refractivity contribution in [3.8, 4) is 23.3 Å². The summed E-state index contributed by atoms with van der Waals surface area (Å²) in [4.78, 5) is 0. The molecule has 0 radical (unpaired) electrons. The Morgan fingerprint density at radius 2 is 1.60 bits per heavy atom. The molecule has 0 aliphatic heterocycles. The minimum atomic E-state index is -0.763. The van der Waals surface area contributed by atoms with Gasteiger partial charge in [-0.15, -0.1) is 0 Å². The van der Waals surface area contributed by atoms with Crippen LogP contribution in [0.4, 0.5) is 0 Å². The summed E-state index contributed by atoms with van der Waals surface area (Å²) in [6, 6.07) is 18.0. The minimum Gasteiger partial charge on any atom is -0.491 e. The minimum absolute atomic E-state index is 0.108. The molecule has 6 nitrogen and oxygen atoms in total. The van der Waals surface area contributed by atoms with Gasteiger partial charge in [0.2, 0.25) is 0 Å². The zero-order valence-electron chi connectivity index (χ0n) is 13.4. The normalized spacial score (nSPS) is 11.5. The highest BCUT2D eigenvalue weighted by atomic mass is 16.5. The van der Waals surface area contributed by atoms with Crippen molar-refractivity contribution in [2.75, 3.05) is 13.2 Å². The molecule has 3 aromatic rings. The molecule has 1 N–H and O–H groups in total. The summed E-state index contributed by atoms with van der Waals surface area (Å²) in [6.07, 6.45) is 2.82. The maximum Gasteiger partial charge on any atom is 0.122 e. The molecule has 0 amide bonds. The molecule has 1 aromatic heterocycles. The molecular formula is C19H17N3O3. The van der Waals surface area contributed by atoms with E-state index < -0.39 is 6.10 Å². The molecule has 1 heterocycles. The van der Waals surface area contributed by atoms with E-state index in [4.69, 9.17) is 14.7 Å². The first kappa shape index (κ1) is 16.6. The summed E-state index contributed by atoms with van der Waals surface area (Å²) >= 11 is 0. The molecule has 0 fully saturated rings. The molecule has 25 heavy (non-hydrogen) atoms. The van der Waals surface area contributed by atoms with Crippen LogP contribution in [0.25, 0.3) is 5.69 Å². The number of hydrogen-bond acceptors (Lipinski definition) is 5. The van der Waals surface area contributed by atoms with Gasteiger partial charge in [0.1, 0.15) is 30.8 Å². The van der Waals surface area contributed by atoms with E-state index in [0.717, 1.165) is 5.69 Å². The Balaban J connectivity index is 1.45. The van der Waals surface area contributed by atoms with Gasteiger partial charge >= 0.3 is 0 Å². The number of aliphatic hydroxyl groups is 1. The number of benzene rings is 2. The SMILES string of the molecule is N#Cc1ccc(OC[C@@H](O)COc2ccc(-n3cccn3)cc2)cc1. The average Bonchev–Trinajstić information content (AvgIpc) is 3.20. The number of aliphatic hydroxyl groups excluding tert-OH is 1. The van der Waals surface area contributed by atoms with Crippen LogP contribution in [0.3, 0.4) is 0 Å². The monoisotopic (exact) mass is 335 g/mol. The fourth-order valence-corrected chi connectivity index (χ4v) is 2.18. The second-order valence-corrected chi connectivity index (χ2v) is 5.36. The van der Waals surface area contributed by atoms with E-state index in [1.165, 1.54) is 0 Å². The third-order valence-electron chi connectivity index (χ3n) is 3.47. The van der Waals surface area contributed by atoms with Crippen molar-refractivity contribution in [2.24, 2.45) is 0 Å². The van der Waals surface area contributed by atoms with E-state index in [0.29, 0.717) is 17.1 Å². The third kappa shape index (κ3) is 4.59. The fraction of sp³-hybridized carbons (Fsp3) is 0.158. The van der Waals surface area contributed by atoms with Crippen molar-refractivity contribution in [3.05, 3.63) is 72.6 Å². The van der Waals surface area contributed by atoms with Crippen LogP contribution in [-0.4, -0.2) is 34.2 Å². The van der Waals surface area contributed by atoms with Crippen molar-refractivity contribution < 1.29 is 14.6 Å². The van der Waals surface area contributed by atoms with Crippen LogP contribution in [0.15, 0.2) is 67.0 Å². The number of hydrogen-bond donors (Lipinski definition) is 1. The summed E-state index contributed by atoms with van der Waals surface area (Å²) in [7, 11) is 0. The van der Waals surface area contributed by atoms with Gasteiger partial charge in [-0.2, -0.15) is 10.4 Å². The van der Waals surface area contributed by atoms with Gasteiger partial charge in [0, 0.05) is 12.4 Å². The third-order valence-corrected chi connectivity index (χ3v) is 3.47. The van der Waals surface area contributed by atoms with E-state index in [1.54, 1.807) is 35.1 Å². The van der Waals surface area contributed by atoms with Crippen LogP contribution in [0.1, 0.15) is 5.56 Å². The summed E-state index contributed by atoms with van der Waals surface area (Å²) in [5.41, 5.74) is 1.50. The largest absolute Gasteiger partial charge is 0.491 e. The van der Waals surface area contributed by atoms with Crippen molar-refractivity contribution in [1.29, 1.82) is 5.26 Å². The fourth-order valence-electron chi connectivity index (χ4n) is 2.18. The molecule has 0 saturated carbocycles. The zero-order valence-corrected chi connectivity index (χ0v) is 13.4. The molecule has 0 bridgehead atoms. The van der Waals surface area contributed by atoms with Gasteiger partial charge in [-0.25, -0.2) is 4.68 Å². The predicted octanol–water partition coefficient (Wildman–Crippen LogP) is 2.56. The highest BCUT2D eigenvalue weighted by Gasteiger charge is 2.07. The van der Waals surface area contributed by atoms with E-state index in [9.17, 15) is 5.11 Å². The Bertz CT molecular complexity index is 822. The van der Waals surface area contributed by atoms with Crippen molar-refractivity contribution in [1.82, 2.24) is 9.78 Å². The number of ether oxygens (including phenoxy) is 2. The van der Waals surface area contributed by atoms with Crippen LogP contribution in [0, 0.1) is 11.3 Å². The lowest BCUT2D eigenvalue weighted by Crippen LogP contribution is -2.25. The lowest BCUT2D eigenvalue weighted by atomic mass is 10.2. The van der Waals surface area contributed by atoms with Crippen LogP contribution in [-0.2, 0) is 0 Å². The lowest BCUT2D eigenvalue weighted by Gasteiger charge is -2.14. The van der Waals surface area contributed by atoms with E-state index >= 15 is 0 Å². The first-order chi connectivity index (χ1) is 12.2. The summed E-state index contributed by atoms with van der Waals surface area (Å²) < 4.78 is 12.8. The van der Waals surface area contributed by atoms with Gasteiger partial charge in [0.05, 0.1) is 17.3 Å². The Hall–Kier alpha value is -3.30. The van der Waals surface area contributed by atoms with Gasteiger partial charge in [0.15, 0.2) is 0 Å². The van der Waals surface area contributed by atoms with Crippen molar-refractivity contribution in [3.63, 3.8) is 0 Å².